The van der Waals surface area contributed by atoms with Crippen molar-refractivity contribution in [2.75, 3.05) is 33.2 Å². The third-order valence-electron chi connectivity index (χ3n) is 4.36. The van der Waals surface area contributed by atoms with Gasteiger partial charge in [0.25, 0.3) is 5.91 Å². The number of nitrogens with one attached hydrogen (secondary N) is 1. The Morgan fingerprint density at radius 3 is 2.58 bits per heavy atom. The van der Waals surface area contributed by atoms with E-state index in [9.17, 15) is 19.2 Å². The topological polar surface area (TPSA) is 107 Å². The number of amides is 3. The van der Waals surface area contributed by atoms with Gasteiger partial charge in [0.2, 0.25) is 11.8 Å². The van der Waals surface area contributed by atoms with E-state index in [0.29, 0.717) is 30.8 Å². The van der Waals surface area contributed by atoms with E-state index in [1.54, 1.807) is 29.5 Å². The summed E-state index contributed by atoms with van der Waals surface area (Å²) in [6.45, 7) is 0.955. The smallest absolute Gasteiger partial charge is 0.306 e. The van der Waals surface area contributed by atoms with Crippen molar-refractivity contribution in [3.8, 4) is 0 Å². The van der Waals surface area contributed by atoms with E-state index in [1.165, 1.54) is 16.2 Å². The fourth-order valence-corrected chi connectivity index (χ4v) is 3.38. The summed E-state index contributed by atoms with van der Waals surface area (Å²) in [6.07, 6.45) is 0.989. The molecule has 0 unspecified atom stereocenters. The fraction of sp³-hybridized carbons (Fsp3) is 0.529. The Morgan fingerprint density at radius 2 is 2.00 bits per heavy atom. The van der Waals surface area contributed by atoms with Crippen LogP contribution >= 0.6 is 11.3 Å². The van der Waals surface area contributed by atoms with Crippen LogP contribution in [-0.2, 0) is 14.4 Å². The molecule has 2 heterocycles. The van der Waals surface area contributed by atoms with Crippen LogP contribution in [0.1, 0.15) is 28.9 Å². The van der Waals surface area contributed by atoms with Crippen LogP contribution < -0.4 is 5.32 Å². The van der Waals surface area contributed by atoms with Crippen molar-refractivity contribution in [3.05, 3.63) is 22.4 Å². The highest BCUT2D eigenvalue weighted by Crippen LogP contribution is 2.17. The predicted octanol–water partition coefficient (Wildman–Crippen LogP) is 0.650. The second kappa shape index (κ2) is 9.33. The Labute approximate surface area is 155 Å². The van der Waals surface area contributed by atoms with Crippen molar-refractivity contribution >= 4 is 35.0 Å². The van der Waals surface area contributed by atoms with Gasteiger partial charge >= 0.3 is 5.97 Å². The number of piperidine rings is 1. The molecule has 2 N–H and O–H groups in total. The van der Waals surface area contributed by atoms with E-state index in [0.717, 1.165) is 0 Å². The molecule has 1 aliphatic heterocycles. The molecular formula is C17H23N3O5S. The summed E-state index contributed by atoms with van der Waals surface area (Å²) >= 11 is 1.33. The molecule has 0 radical (unpaired) electrons. The number of likely N-dealkylation sites (tertiary alicyclic amines) is 1. The zero-order valence-corrected chi connectivity index (χ0v) is 15.5. The second-order valence-corrected chi connectivity index (χ2v) is 7.17. The third kappa shape index (κ3) is 5.55. The molecule has 9 heteroatoms. The summed E-state index contributed by atoms with van der Waals surface area (Å²) in [4.78, 5) is 50.6. The van der Waals surface area contributed by atoms with Crippen LogP contribution in [0, 0.1) is 5.92 Å². The maximum Gasteiger partial charge on any atom is 0.306 e. The van der Waals surface area contributed by atoms with Gasteiger partial charge in [-0.15, -0.1) is 11.3 Å². The molecule has 1 aromatic heterocycles. The van der Waals surface area contributed by atoms with Crippen molar-refractivity contribution in [1.82, 2.24) is 15.1 Å². The van der Waals surface area contributed by atoms with Crippen LogP contribution in [0.5, 0.6) is 0 Å². The van der Waals surface area contributed by atoms with E-state index >= 15 is 0 Å². The van der Waals surface area contributed by atoms with E-state index in [-0.39, 0.29) is 37.2 Å². The zero-order chi connectivity index (χ0) is 19.1. The highest BCUT2D eigenvalue weighted by Gasteiger charge is 2.27. The third-order valence-corrected chi connectivity index (χ3v) is 5.23. The monoisotopic (exact) mass is 381 g/mol. The molecule has 3 amide bonds. The van der Waals surface area contributed by atoms with Crippen LogP contribution in [-0.4, -0.2) is 71.8 Å². The number of rotatable bonds is 7. The molecule has 0 saturated carbocycles. The number of carbonyl (C=O) groups is 4. The quantitative estimate of drug-likeness (QED) is 0.721. The summed E-state index contributed by atoms with van der Waals surface area (Å²) in [6, 6.07) is 3.49. The molecule has 26 heavy (non-hydrogen) atoms. The van der Waals surface area contributed by atoms with E-state index in [1.807, 2.05) is 0 Å². The normalized spacial score (nSPS) is 14.7. The van der Waals surface area contributed by atoms with Crippen LogP contribution in [0.15, 0.2) is 17.5 Å². The minimum Gasteiger partial charge on any atom is -0.481 e. The molecule has 1 aliphatic rings. The van der Waals surface area contributed by atoms with Crippen molar-refractivity contribution in [2.24, 2.45) is 5.92 Å². The van der Waals surface area contributed by atoms with Gasteiger partial charge in [0.05, 0.1) is 17.3 Å². The van der Waals surface area contributed by atoms with Gasteiger partial charge in [0.1, 0.15) is 0 Å². The van der Waals surface area contributed by atoms with Gasteiger partial charge in [0, 0.05) is 33.1 Å². The lowest BCUT2D eigenvalue weighted by atomic mass is 9.97. The van der Waals surface area contributed by atoms with Gasteiger partial charge in [-0.3, -0.25) is 19.2 Å². The predicted molar refractivity (Wildman–Crippen MR) is 95.8 cm³/mol. The molecule has 0 atom stereocenters. The lowest BCUT2D eigenvalue weighted by Gasteiger charge is -2.31. The zero-order valence-electron chi connectivity index (χ0n) is 14.6. The summed E-state index contributed by atoms with van der Waals surface area (Å²) in [5.41, 5.74) is 0. The van der Waals surface area contributed by atoms with E-state index < -0.39 is 11.9 Å². The number of carbonyl (C=O) groups excluding carboxylic acids is 3. The summed E-state index contributed by atoms with van der Waals surface area (Å²) < 4.78 is 0. The van der Waals surface area contributed by atoms with Gasteiger partial charge in [-0.2, -0.15) is 0 Å². The average Bonchev–Trinajstić information content (AvgIpc) is 3.16. The summed E-state index contributed by atoms with van der Waals surface area (Å²) in [5.74, 6) is -1.86. The Bertz CT molecular complexity index is 653. The number of likely N-dealkylation sites (N-methyl/N-ethyl adjacent to an activating group) is 1. The maximum absolute atomic E-state index is 12.2. The molecule has 0 bridgehead atoms. The number of hydrogen-bond donors (Lipinski definition) is 2. The van der Waals surface area contributed by atoms with Gasteiger partial charge in [-0.1, -0.05) is 6.07 Å². The molecule has 1 aromatic rings. The van der Waals surface area contributed by atoms with E-state index in [4.69, 9.17) is 5.11 Å². The van der Waals surface area contributed by atoms with Crippen molar-refractivity contribution in [3.63, 3.8) is 0 Å². The number of carboxylic acid groups (broad SMARTS) is 1. The summed E-state index contributed by atoms with van der Waals surface area (Å²) in [5, 5.41) is 13.5. The first-order valence-electron chi connectivity index (χ1n) is 8.44. The largest absolute Gasteiger partial charge is 0.481 e. The molecule has 0 aromatic carbocycles. The molecule has 0 aliphatic carbocycles. The molecule has 1 fully saturated rings. The van der Waals surface area contributed by atoms with E-state index in [2.05, 4.69) is 5.32 Å². The lowest BCUT2D eigenvalue weighted by Crippen LogP contribution is -2.45. The Balaban J connectivity index is 1.69. The number of hydrogen-bond acceptors (Lipinski definition) is 5. The highest BCUT2D eigenvalue weighted by molar-refractivity contribution is 7.12. The van der Waals surface area contributed by atoms with Gasteiger partial charge in [-0.05, 0) is 24.3 Å². The van der Waals surface area contributed by atoms with Crippen LogP contribution in [0.2, 0.25) is 0 Å². The molecule has 142 valence electrons. The van der Waals surface area contributed by atoms with Crippen molar-refractivity contribution in [1.29, 1.82) is 0 Å². The summed E-state index contributed by atoms with van der Waals surface area (Å²) in [7, 11) is 1.55. The Kier molecular flexibility index (Phi) is 7.14. The number of aliphatic carboxylic acids is 1. The Morgan fingerprint density at radius 1 is 1.31 bits per heavy atom. The molecular weight excluding hydrogens is 358 g/mol. The minimum atomic E-state index is -0.825. The molecule has 0 spiro atoms. The molecule has 1 saturated heterocycles. The fourth-order valence-electron chi connectivity index (χ4n) is 2.74. The standard InChI is InChI=1S/C17H23N3O5S/c1-19(11-15(22)20-8-5-12(6-9-20)17(24)25)14(21)4-7-18-16(23)13-3-2-10-26-13/h2-3,10,12H,4-9,11H2,1H3,(H,18,23)(H,24,25). The first kappa shape index (κ1) is 19.9. The van der Waals surface area contributed by atoms with Crippen molar-refractivity contribution < 1.29 is 24.3 Å². The lowest BCUT2D eigenvalue weighted by molar-refractivity contribution is -0.146. The number of nitrogens with zero attached hydrogens (tertiary/aromatic N) is 2. The van der Waals surface area contributed by atoms with Gasteiger partial charge < -0.3 is 20.2 Å². The van der Waals surface area contributed by atoms with Crippen molar-refractivity contribution in [2.45, 2.75) is 19.3 Å². The number of carboxylic acids is 1. The second-order valence-electron chi connectivity index (χ2n) is 6.23. The maximum atomic E-state index is 12.2. The number of thiophene rings is 1. The van der Waals surface area contributed by atoms with Gasteiger partial charge in [0.15, 0.2) is 0 Å². The van der Waals surface area contributed by atoms with Crippen LogP contribution in [0.25, 0.3) is 0 Å². The first-order valence-corrected chi connectivity index (χ1v) is 9.32. The van der Waals surface area contributed by atoms with Crippen LogP contribution in [0.4, 0.5) is 0 Å². The Hall–Kier alpha value is -2.42. The van der Waals surface area contributed by atoms with Crippen LogP contribution in [0.3, 0.4) is 0 Å². The minimum absolute atomic E-state index is 0.0462. The highest BCUT2D eigenvalue weighted by atomic mass is 32.1. The SMILES string of the molecule is CN(CC(=O)N1CCC(C(=O)O)CC1)C(=O)CCNC(=O)c1cccs1. The first-order chi connectivity index (χ1) is 12.4. The van der Waals surface area contributed by atoms with Gasteiger partial charge in [-0.25, -0.2) is 0 Å². The average molecular weight is 381 g/mol. The molecule has 2 rings (SSSR count). The molecule has 8 nitrogen and oxygen atoms in total.